The number of benzene rings is 1. The molecule has 2 heterocycles. The molecule has 2 aliphatic heterocycles. The quantitative estimate of drug-likeness (QED) is 0.863. The summed E-state index contributed by atoms with van der Waals surface area (Å²) >= 11 is 0. The number of rotatable bonds is 1. The van der Waals surface area contributed by atoms with Gasteiger partial charge in [0.15, 0.2) is 0 Å². The zero-order chi connectivity index (χ0) is 13.7. The van der Waals surface area contributed by atoms with Gasteiger partial charge in [-0.15, -0.1) is 0 Å². The lowest BCUT2D eigenvalue weighted by molar-refractivity contribution is 0.0461. The predicted octanol–water partition coefficient (Wildman–Crippen LogP) is 2.82. The molecule has 4 rings (SSSR count). The summed E-state index contributed by atoms with van der Waals surface area (Å²) in [5, 5.41) is 11.6. The van der Waals surface area contributed by atoms with Crippen molar-refractivity contribution < 1.29 is 9.32 Å². The monoisotopic (exact) mass is 288 g/mol. The van der Waals surface area contributed by atoms with E-state index in [2.05, 4.69) is 24.3 Å². The molecule has 1 aliphatic carbocycles. The van der Waals surface area contributed by atoms with Gasteiger partial charge in [-0.05, 0) is 48.8 Å². The van der Waals surface area contributed by atoms with E-state index < -0.39 is 16.4 Å². The van der Waals surface area contributed by atoms with Crippen LogP contribution in [0.25, 0.3) is 6.08 Å². The second kappa shape index (κ2) is 4.54. The summed E-state index contributed by atoms with van der Waals surface area (Å²) in [5.41, 5.74) is 2.98. The van der Waals surface area contributed by atoms with Gasteiger partial charge in [-0.3, -0.25) is 4.21 Å². The van der Waals surface area contributed by atoms with Crippen molar-refractivity contribution in [2.75, 3.05) is 0 Å². The van der Waals surface area contributed by atoms with Crippen molar-refractivity contribution in [3.8, 4) is 0 Å². The summed E-state index contributed by atoms with van der Waals surface area (Å²) in [6.07, 6.45) is 7.62. The first-order chi connectivity index (χ1) is 9.66. The van der Waals surface area contributed by atoms with Gasteiger partial charge in [0.2, 0.25) is 0 Å². The van der Waals surface area contributed by atoms with E-state index in [-0.39, 0.29) is 10.5 Å². The standard InChI is InChI=1S/C17H20O2S/c18-17(10-15-6-3-7-16(11-17)20(15)19)14-8-12-4-1-2-5-13(12)9-14/h1-2,4-5,8,15-16,18H,3,6-7,9-11H2. The van der Waals surface area contributed by atoms with Crippen molar-refractivity contribution in [2.45, 2.75) is 54.6 Å². The van der Waals surface area contributed by atoms with E-state index in [1.54, 1.807) is 0 Å². The van der Waals surface area contributed by atoms with E-state index in [0.717, 1.165) is 24.8 Å². The van der Waals surface area contributed by atoms with Gasteiger partial charge < -0.3 is 5.11 Å². The second-order valence-electron chi connectivity index (χ2n) is 6.49. The van der Waals surface area contributed by atoms with Crippen molar-refractivity contribution in [1.82, 2.24) is 0 Å². The molecule has 20 heavy (non-hydrogen) atoms. The molecule has 2 atom stereocenters. The van der Waals surface area contributed by atoms with Gasteiger partial charge in [-0.1, -0.05) is 36.8 Å². The molecule has 3 aliphatic rings. The first-order valence-electron chi connectivity index (χ1n) is 7.56. The van der Waals surface area contributed by atoms with Gasteiger partial charge in [0.25, 0.3) is 0 Å². The van der Waals surface area contributed by atoms with Crippen LogP contribution in [0.15, 0.2) is 29.8 Å². The highest BCUT2D eigenvalue weighted by Gasteiger charge is 2.47. The molecule has 0 amide bonds. The van der Waals surface area contributed by atoms with E-state index in [0.29, 0.717) is 12.8 Å². The Morgan fingerprint density at radius 1 is 1.15 bits per heavy atom. The Morgan fingerprint density at radius 2 is 1.85 bits per heavy atom. The Labute approximate surface area is 122 Å². The van der Waals surface area contributed by atoms with Crippen LogP contribution in [0.1, 0.15) is 43.2 Å². The predicted molar refractivity (Wildman–Crippen MR) is 81.9 cm³/mol. The van der Waals surface area contributed by atoms with E-state index in [4.69, 9.17) is 0 Å². The molecule has 3 heteroatoms. The fourth-order valence-corrected chi connectivity index (χ4v) is 6.35. The molecule has 1 N–H and O–H groups in total. The largest absolute Gasteiger partial charge is 0.385 e. The summed E-state index contributed by atoms with van der Waals surface area (Å²) in [4.78, 5) is 0. The lowest BCUT2D eigenvalue weighted by atomic mass is 9.79. The molecule has 2 bridgehead atoms. The molecule has 0 radical (unpaired) electrons. The molecule has 0 saturated carbocycles. The van der Waals surface area contributed by atoms with Gasteiger partial charge in [0, 0.05) is 21.3 Å². The highest BCUT2D eigenvalue weighted by molar-refractivity contribution is 7.86. The molecule has 2 nitrogen and oxygen atoms in total. The van der Waals surface area contributed by atoms with Gasteiger partial charge in [-0.25, -0.2) is 0 Å². The highest BCUT2D eigenvalue weighted by atomic mass is 32.2. The normalized spacial score (nSPS) is 39.2. The topological polar surface area (TPSA) is 37.3 Å². The summed E-state index contributed by atoms with van der Waals surface area (Å²) in [7, 11) is -0.720. The maximum atomic E-state index is 12.3. The molecule has 1 aromatic rings. The van der Waals surface area contributed by atoms with Crippen LogP contribution in [-0.2, 0) is 17.2 Å². The minimum atomic E-state index is -0.720. The third-order valence-corrected chi connectivity index (χ3v) is 7.32. The summed E-state index contributed by atoms with van der Waals surface area (Å²) in [6.45, 7) is 0. The van der Waals surface area contributed by atoms with E-state index >= 15 is 0 Å². The number of hydrogen-bond acceptors (Lipinski definition) is 2. The molecule has 2 fully saturated rings. The molecular formula is C17H20O2S. The zero-order valence-corrected chi connectivity index (χ0v) is 12.4. The van der Waals surface area contributed by atoms with Gasteiger partial charge in [0.1, 0.15) is 0 Å². The van der Waals surface area contributed by atoms with E-state index in [1.807, 2.05) is 6.07 Å². The van der Waals surface area contributed by atoms with Crippen LogP contribution in [-0.4, -0.2) is 25.4 Å². The van der Waals surface area contributed by atoms with Crippen LogP contribution in [0.5, 0.6) is 0 Å². The minimum Gasteiger partial charge on any atom is -0.385 e. The Bertz CT molecular complexity index is 589. The van der Waals surface area contributed by atoms with Crippen LogP contribution >= 0.6 is 0 Å². The van der Waals surface area contributed by atoms with E-state index in [1.165, 1.54) is 17.5 Å². The number of aliphatic hydroxyl groups is 1. The maximum Gasteiger partial charge on any atom is 0.0886 e. The lowest BCUT2D eigenvalue weighted by Gasteiger charge is -2.44. The van der Waals surface area contributed by atoms with Crippen LogP contribution < -0.4 is 0 Å². The minimum absolute atomic E-state index is 0.206. The van der Waals surface area contributed by atoms with Crippen molar-refractivity contribution in [3.63, 3.8) is 0 Å². The highest BCUT2D eigenvalue weighted by Crippen LogP contribution is 2.45. The van der Waals surface area contributed by atoms with Crippen molar-refractivity contribution in [3.05, 3.63) is 41.0 Å². The Balaban J connectivity index is 1.65. The first kappa shape index (κ1) is 12.8. The van der Waals surface area contributed by atoms with Crippen molar-refractivity contribution >= 4 is 16.9 Å². The van der Waals surface area contributed by atoms with Gasteiger partial charge in [0.05, 0.1) is 5.60 Å². The third-order valence-electron chi connectivity index (χ3n) is 5.20. The summed E-state index contributed by atoms with van der Waals surface area (Å²) in [5.74, 6) is 0. The van der Waals surface area contributed by atoms with Gasteiger partial charge in [-0.2, -0.15) is 0 Å². The van der Waals surface area contributed by atoms with E-state index in [9.17, 15) is 9.32 Å². The second-order valence-corrected chi connectivity index (χ2v) is 8.48. The fraction of sp³-hybridized carbons (Fsp3) is 0.529. The van der Waals surface area contributed by atoms with Crippen LogP contribution in [0.3, 0.4) is 0 Å². The number of fused-ring (bicyclic) bond motifs is 3. The van der Waals surface area contributed by atoms with Gasteiger partial charge >= 0.3 is 0 Å². The lowest BCUT2D eigenvalue weighted by Crippen LogP contribution is -2.50. The molecule has 106 valence electrons. The summed E-state index contributed by atoms with van der Waals surface area (Å²) in [6, 6.07) is 8.37. The molecule has 2 saturated heterocycles. The molecule has 0 aromatic heterocycles. The molecular weight excluding hydrogens is 268 g/mol. The molecule has 0 spiro atoms. The average Bonchev–Trinajstić information content (AvgIpc) is 2.85. The molecule has 1 aromatic carbocycles. The van der Waals surface area contributed by atoms with Crippen LogP contribution in [0.2, 0.25) is 0 Å². The van der Waals surface area contributed by atoms with Crippen molar-refractivity contribution in [1.29, 1.82) is 0 Å². The fourth-order valence-electron chi connectivity index (χ4n) is 4.12. The summed E-state index contributed by atoms with van der Waals surface area (Å²) < 4.78 is 12.3. The Hall–Kier alpha value is -0.930. The number of hydrogen-bond donors (Lipinski definition) is 1. The zero-order valence-electron chi connectivity index (χ0n) is 11.5. The Kier molecular flexibility index (Phi) is 2.90. The average molecular weight is 288 g/mol. The van der Waals surface area contributed by atoms with Crippen LogP contribution in [0.4, 0.5) is 0 Å². The maximum absolute atomic E-state index is 12.3. The smallest absolute Gasteiger partial charge is 0.0886 e. The first-order valence-corrected chi connectivity index (χ1v) is 8.84. The van der Waals surface area contributed by atoms with Crippen LogP contribution in [0, 0.1) is 0 Å². The van der Waals surface area contributed by atoms with Crippen molar-refractivity contribution in [2.24, 2.45) is 0 Å². The Morgan fingerprint density at radius 3 is 2.55 bits per heavy atom. The molecule has 2 unspecified atom stereocenters. The SMILES string of the molecule is O=S1C2CCCC1CC(O)(C1=Cc3ccccc3C1)C2. The third kappa shape index (κ3) is 1.91.